The summed E-state index contributed by atoms with van der Waals surface area (Å²) in [5, 5.41) is 5.91. The number of hydrogen-bond donors (Lipinski definition) is 1. The van der Waals surface area contributed by atoms with Crippen molar-refractivity contribution in [3.05, 3.63) is 35.5 Å². The molecule has 0 saturated carbocycles. The fraction of sp³-hybridized carbons (Fsp3) is 0.182. The van der Waals surface area contributed by atoms with Crippen LogP contribution in [-0.2, 0) is 11.9 Å². The molecule has 1 aromatic heterocycles. The summed E-state index contributed by atoms with van der Waals surface area (Å²) in [5.74, 6) is 0.303. The quantitative estimate of drug-likeness (QED) is 0.778. The smallest absolute Gasteiger partial charge is 0.273 e. The van der Waals surface area contributed by atoms with Crippen LogP contribution >= 0.6 is 11.8 Å². The number of hydrogen-bond acceptors (Lipinski definition) is 2. The molecule has 1 N–H and O–H groups in total. The van der Waals surface area contributed by atoms with E-state index in [2.05, 4.69) is 10.2 Å². The molecule has 3 rings (SSSR count). The van der Waals surface area contributed by atoms with E-state index in [1.54, 1.807) is 12.1 Å². The monoisotopic (exact) mass is 256 g/mol. The minimum atomic E-state index is -4.37. The van der Waals surface area contributed by atoms with Crippen molar-refractivity contribution in [3.63, 3.8) is 0 Å². The third-order valence-electron chi connectivity index (χ3n) is 2.66. The highest BCUT2D eigenvalue weighted by molar-refractivity contribution is 7.98. The highest BCUT2D eigenvalue weighted by atomic mass is 32.2. The lowest BCUT2D eigenvalue weighted by molar-refractivity contribution is -0.141. The lowest BCUT2D eigenvalue weighted by Crippen LogP contribution is -2.09. The predicted octanol–water partition coefficient (Wildman–Crippen LogP) is 3.70. The van der Waals surface area contributed by atoms with Gasteiger partial charge in [-0.1, -0.05) is 18.2 Å². The summed E-state index contributed by atoms with van der Waals surface area (Å²) < 4.78 is 38.1. The van der Waals surface area contributed by atoms with E-state index in [1.165, 1.54) is 11.8 Å². The molecule has 2 heterocycles. The summed E-state index contributed by atoms with van der Waals surface area (Å²) in [5.41, 5.74) is 0.716. The van der Waals surface area contributed by atoms with Gasteiger partial charge in [0.15, 0.2) is 0 Å². The fourth-order valence-corrected chi connectivity index (χ4v) is 2.98. The zero-order valence-corrected chi connectivity index (χ0v) is 9.32. The average Bonchev–Trinajstić information content (AvgIpc) is 2.72. The van der Waals surface area contributed by atoms with Gasteiger partial charge in [-0.2, -0.15) is 18.3 Å². The van der Waals surface area contributed by atoms with Gasteiger partial charge in [-0.25, -0.2) is 0 Å². The second kappa shape index (κ2) is 3.53. The zero-order valence-electron chi connectivity index (χ0n) is 8.51. The summed E-state index contributed by atoms with van der Waals surface area (Å²) in [6.45, 7) is 0. The van der Waals surface area contributed by atoms with Crippen molar-refractivity contribution < 1.29 is 13.2 Å². The van der Waals surface area contributed by atoms with Crippen LogP contribution in [0.2, 0.25) is 0 Å². The molecular weight excluding hydrogens is 249 g/mol. The van der Waals surface area contributed by atoms with Crippen LogP contribution in [0.25, 0.3) is 11.3 Å². The molecule has 2 nitrogen and oxygen atoms in total. The first-order valence-electron chi connectivity index (χ1n) is 4.94. The van der Waals surface area contributed by atoms with Gasteiger partial charge in [0.1, 0.15) is 5.69 Å². The maximum Gasteiger partial charge on any atom is 0.433 e. The Labute approximate surface area is 99.2 Å². The van der Waals surface area contributed by atoms with Gasteiger partial charge >= 0.3 is 6.18 Å². The number of thioether (sulfide) groups is 1. The van der Waals surface area contributed by atoms with Crippen molar-refractivity contribution >= 4 is 11.8 Å². The van der Waals surface area contributed by atoms with Crippen molar-refractivity contribution in [3.8, 4) is 11.3 Å². The Morgan fingerprint density at radius 3 is 2.76 bits per heavy atom. The molecule has 2 aromatic rings. The number of nitrogens with zero attached hydrogens (tertiary/aromatic N) is 1. The Bertz CT molecular complexity index is 574. The zero-order chi connectivity index (χ0) is 12.0. The Morgan fingerprint density at radius 1 is 1.24 bits per heavy atom. The van der Waals surface area contributed by atoms with E-state index in [4.69, 9.17) is 0 Å². The van der Waals surface area contributed by atoms with Crippen molar-refractivity contribution in [1.82, 2.24) is 10.2 Å². The van der Waals surface area contributed by atoms with E-state index in [1.807, 2.05) is 12.1 Å². The number of alkyl halides is 3. The molecule has 0 spiro atoms. The molecule has 1 aliphatic rings. The molecule has 0 radical (unpaired) electrons. The highest BCUT2D eigenvalue weighted by Crippen LogP contribution is 2.44. The number of fused-ring (bicyclic) bond motifs is 3. The van der Waals surface area contributed by atoms with Crippen LogP contribution in [0.15, 0.2) is 29.2 Å². The first-order chi connectivity index (χ1) is 8.07. The standard InChI is InChI=1S/C11H7F3N2S/c12-11(13,14)10-7-5-17-8-4-2-1-3-6(8)9(7)15-16-10/h1-4H,5H2,(H,15,16). The van der Waals surface area contributed by atoms with Gasteiger partial charge in [-0.15, -0.1) is 11.8 Å². The largest absolute Gasteiger partial charge is 0.433 e. The average molecular weight is 256 g/mol. The normalized spacial score (nSPS) is 14.3. The maximum atomic E-state index is 12.7. The second-order valence-corrected chi connectivity index (χ2v) is 4.73. The molecular formula is C11H7F3N2S. The van der Waals surface area contributed by atoms with Gasteiger partial charge in [0.2, 0.25) is 0 Å². The number of aromatic nitrogens is 2. The number of benzene rings is 1. The molecule has 6 heteroatoms. The first-order valence-corrected chi connectivity index (χ1v) is 5.92. The number of halogens is 3. The highest BCUT2D eigenvalue weighted by Gasteiger charge is 2.38. The Hall–Kier alpha value is -1.43. The van der Waals surface area contributed by atoms with E-state index >= 15 is 0 Å². The number of rotatable bonds is 0. The van der Waals surface area contributed by atoms with Gasteiger partial charge in [0.05, 0.1) is 5.69 Å². The summed E-state index contributed by atoms with van der Waals surface area (Å²) in [6.07, 6.45) is -4.37. The second-order valence-electron chi connectivity index (χ2n) is 3.71. The third kappa shape index (κ3) is 1.63. The third-order valence-corrected chi connectivity index (χ3v) is 3.76. The molecule has 1 aromatic carbocycles. The molecule has 0 atom stereocenters. The first kappa shape index (κ1) is 10.7. The lowest BCUT2D eigenvalue weighted by atomic mass is 10.1. The van der Waals surface area contributed by atoms with E-state index in [0.717, 1.165) is 10.5 Å². The summed E-state index contributed by atoms with van der Waals surface area (Å²) in [6, 6.07) is 7.36. The molecule has 17 heavy (non-hydrogen) atoms. The van der Waals surface area contributed by atoms with Gasteiger partial charge in [-0.05, 0) is 6.07 Å². The van der Waals surface area contributed by atoms with E-state index < -0.39 is 11.9 Å². The van der Waals surface area contributed by atoms with Crippen molar-refractivity contribution in [2.75, 3.05) is 0 Å². The number of aromatic amines is 1. The number of nitrogens with one attached hydrogen (secondary N) is 1. The van der Waals surface area contributed by atoms with Gasteiger partial charge in [0.25, 0.3) is 0 Å². The molecule has 88 valence electrons. The Kier molecular flexibility index (Phi) is 2.22. The van der Waals surface area contributed by atoms with Crippen LogP contribution in [0.1, 0.15) is 11.3 Å². The minimum Gasteiger partial charge on any atom is -0.273 e. The number of H-pyrrole nitrogens is 1. The van der Waals surface area contributed by atoms with Crippen LogP contribution in [0.3, 0.4) is 0 Å². The summed E-state index contributed by atoms with van der Waals surface area (Å²) >= 11 is 1.41. The molecule has 0 unspecified atom stereocenters. The van der Waals surface area contributed by atoms with Crippen molar-refractivity contribution in [2.24, 2.45) is 0 Å². The topological polar surface area (TPSA) is 28.7 Å². The van der Waals surface area contributed by atoms with Gasteiger partial charge in [0, 0.05) is 21.8 Å². The summed E-state index contributed by atoms with van der Waals surface area (Å²) in [7, 11) is 0. The Morgan fingerprint density at radius 2 is 2.00 bits per heavy atom. The van der Waals surface area contributed by atoms with Crippen LogP contribution in [0.4, 0.5) is 13.2 Å². The van der Waals surface area contributed by atoms with Crippen LogP contribution in [-0.4, -0.2) is 10.2 Å². The van der Waals surface area contributed by atoms with Crippen LogP contribution < -0.4 is 0 Å². The fourth-order valence-electron chi connectivity index (χ4n) is 1.90. The molecule has 0 amide bonds. The van der Waals surface area contributed by atoms with Gasteiger partial charge < -0.3 is 0 Å². The molecule has 1 aliphatic heterocycles. The molecule has 0 aliphatic carbocycles. The van der Waals surface area contributed by atoms with Crippen LogP contribution in [0, 0.1) is 0 Å². The van der Waals surface area contributed by atoms with Crippen LogP contribution in [0.5, 0.6) is 0 Å². The van der Waals surface area contributed by atoms with Crippen molar-refractivity contribution in [2.45, 2.75) is 16.8 Å². The molecule has 0 fully saturated rings. The van der Waals surface area contributed by atoms with E-state index in [-0.39, 0.29) is 5.56 Å². The molecule has 0 bridgehead atoms. The SMILES string of the molecule is FC(F)(F)c1[nH]nc2c1CSc1ccccc1-2. The van der Waals surface area contributed by atoms with E-state index in [9.17, 15) is 13.2 Å². The molecule has 0 saturated heterocycles. The summed E-state index contributed by atoms with van der Waals surface area (Å²) in [4.78, 5) is 0.972. The lowest BCUT2D eigenvalue weighted by Gasteiger charge is -2.15. The predicted molar refractivity (Wildman–Crippen MR) is 58.6 cm³/mol. The minimum absolute atomic E-state index is 0.251. The maximum absolute atomic E-state index is 12.7. The Balaban J connectivity index is 2.20. The van der Waals surface area contributed by atoms with Gasteiger partial charge in [-0.3, -0.25) is 5.10 Å². The van der Waals surface area contributed by atoms with Crippen molar-refractivity contribution in [1.29, 1.82) is 0 Å². The van der Waals surface area contributed by atoms with E-state index in [0.29, 0.717) is 11.4 Å².